The molecule has 2 atom stereocenters. The van der Waals surface area contributed by atoms with Crippen LogP contribution < -0.4 is 5.32 Å². The maximum Gasteiger partial charge on any atom is 0.255 e. The molecule has 1 aromatic heterocycles. The number of para-hydroxylation sites is 1. The van der Waals surface area contributed by atoms with E-state index < -0.39 is 6.04 Å². The van der Waals surface area contributed by atoms with Gasteiger partial charge < -0.3 is 15.2 Å². The van der Waals surface area contributed by atoms with Gasteiger partial charge in [-0.3, -0.25) is 9.59 Å². The molecule has 0 radical (unpaired) electrons. The molecule has 2 amide bonds. The zero-order chi connectivity index (χ0) is 22.5. The Morgan fingerprint density at radius 2 is 1.79 bits per heavy atom. The summed E-state index contributed by atoms with van der Waals surface area (Å²) in [5.74, 6) is -0.624. The first-order valence-electron chi connectivity index (χ1n) is 11.2. The number of aromatic amines is 1. The second-order valence-electron chi connectivity index (χ2n) is 8.62. The topological polar surface area (TPSA) is 65.2 Å². The summed E-state index contributed by atoms with van der Waals surface area (Å²) >= 11 is 0. The van der Waals surface area contributed by atoms with Crippen molar-refractivity contribution in [1.82, 2.24) is 15.2 Å². The van der Waals surface area contributed by atoms with Crippen molar-refractivity contribution in [1.29, 1.82) is 0 Å². The lowest BCUT2D eigenvalue weighted by atomic mass is 9.90. The summed E-state index contributed by atoms with van der Waals surface area (Å²) < 4.78 is 14.0. The first-order valence-corrected chi connectivity index (χ1v) is 11.2. The maximum absolute atomic E-state index is 14.0. The van der Waals surface area contributed by atoms with Gasteiger partial charge in [-0.25, -0.2) is 4.39 Å². The largest absolute Gasteiger partial charge is 0.356 e. The molecule has 4 aromatic rings. The number of hydrogen-bond donors (Lipinski definition) is 2. The predicted octanol–water partition coefficient (Wildman–Crippen LogP) is 4.14. The van der Waals surface area contributed by atoms with Crippen LogP contribution in [-0.2, 0) is 17.6 Å². The van der Waals surface area contributed by atoms with E-state index in [1.165, 1.54) is 6.07 Å². The summed E-state index contributed by atoms with van der Waals surface area (Å²) in [6, 6.07) is 21.2. The monoisotopic (exact) mass is 439 g/mol. The third-order valence-electron chi connectivity index (χ3n) is 6.81. The molecule has 0 spiro atoms. The maximum atomic E-state index is 14.0. The van der Waals surface area contributed by atoms with Crippen molar-refractivity contribution in [2.45, 2.75) is 24.9 Å². The van der Waals surface area contributed by atoms with Gasteiger partial charge in [0, 0.05) is 35.1 Å². The minimum atomic E-state index is -0.637. The number of benzene rings is 3. The van der Waals surface area contributed by atoms with Crippen LogP contribution in [0.1, 0.15) is 38.8 Å². The molecular formula is C27H22FN3O2. The van der Waals surface area contributed by atoms with Crippen LogP contribution in [-0.4, -0.2) is 34.3 Å². The summed E-state index contributed by atoms with van der Waals surface area (Å²) in [5.41, 5.74) is 5.16. The second-order valence-corrected chi connectivity index (χ2v) is 8.62. The van der Waals surface area contributed by atoms with E-state index in [4.69, 9.17) is 0 Å². The highest BCUT2D eigenvalue weighted by molar-refractivity contribution is 6.03. The average Bonchev–Trinajstić information content (AvgIpc) is 3.35. The van der Waals surface area contributed by atoms with Gasteiger partial charge in [-0.2, -0.15) is 0 Å². The van der Waals surface area contributed by atoms with Gasteiger partial charge in [0.25, 0.3) is 5.91 Å². The number of carbonyl (C=O) groups excluding carboxylic acids is 2. The molecule has 0 aliphatic carbocycles. The molecule has 3 aromatic carbocycles. The standard InChI is InChI=1S/C27H22FN3O2/c28-21-11-5-1-7-16(21)13-14-29-26(32)23-15-20-17-8-4-6-12-22(17)30-24(20)25-18-9-2-3-10-19(18)27(33)31(23)25/h1-12,23,25,30H,13-15H2,(H,29,32)/t23-,25+/m0/s1. The molecular weight excluding hydrogens is 417 g/mol. The van der Waals surface area contributed by atoms with Crippen LogP contribution >= 0.6 is 0 Å². The lowest BCUT2D eigenvalue weighted by Crippen LogP contribution is -2.52. The molecule has 0 bridgehead atoms. The van der Waals surface area contributed by atoms with Gasteiger partial charge in [-0.05, 0) is 41.3 Å². The summed E-state index contributed by atoms with van der Waals surface area (Å²) in [7, 11) is 0. The van der Waals surface area contributed by atoms with Crippen LogP contribution in [0.2, 0.25) is 0 Å². The molecule has 164 valence electrons. The van der Waals surface area contributed by atoms with Crippen LogP contribution in [0.4, 0.5) is 4.39 Å². The Kier molecular flexibility index (Phi) is 4.54. The van der Waals surface area contributed by atoms with Crippen molar-refractivity contribution >= 4 is 22.7 Å². The molecule has 6 rings (SSSR count). The number of amides is 2. The van der Waals surface area contributed by atoms with E-state index in [0.29, 0.717) is 30.5 Å². The van der Waals surface area contributed by atoms with Crippen LogP contribution in [0, 0.1) is 5.82 Å². The predicted molar refractivity (Wildman–Crippen MR) is 123 cm³/mol. The Labute approximate surface area is 190 Å². The Bertz CT molecular complexity index is 1410. The quantitative estimate of drug-likeness (QED) is 0.502. The molecule has 0 saturated heterocycles. The number of rotatable bonds is 4. The Hall–Kier alpha value is -3.93. The van der Waals surface area contributed by atoms with E-state index in [1.54, 1.807) is 23.1 Å². The fourth-order valence-electron chi connectivity index (χ4n) is 5.28. The van der Waals surface area contributed by atoms with Crippen LogP contribution in [0.3, 0.4) is 0 Å². The summed E-state index contributed by atoms with van der Waals surface area (Å²) in [4.78, 5) is 32.0. The van der Waals surface area contributed by atoms with Crippen LogP contribution in [0.5, 0.6) is 0 Å². The van der Waals surface area contributed by atoms with Crippen LogP contribution in [0.15, 0.2) is 72.8 Å². The van der Waals surface area contributed by atoms with Gasteiger partial charge in [0.2, 0.25) is 5.91 Å². The number of fused-ring (bicyclic) bond motifs is 7. The highest BCUT2D eigenvalue weighted by Gasteiger charge is 2.48. The van der Waals surface area contributed by atoms with E-state index in [2.05, 4.69) is 16.4 Å². The second kappa shape index (κ2) is 7.59. The Balaban J connectivity index is 1.35. The number of hydrogen-bond acceptors (Lipinski definition) is 2. The van der Waals surface area contributed by atoms with Crippen molar-refractivity contribution < 1.29 is 14.0 Å². The van der Waals surface area contributed by atoms with E-state index in [0.717, 1.165) is 27.7 Å². The molecule has 0 unspecified atom stereocenters. The molecule has 2 N–H and O–H groups in total. The zero-order valence-corrected chi connectivity index (χ0v) is 17.8. The van der Waals surface area contributed by atoms with E-state index in [1.807, 2.05) is 42.5 Å². The summed E-state index contributed by atoms with van der Waals surface area (Å²) in [6.45, 7) is 0.302. The lowest BCUT2D eigenvalue weighted by molar-refractivity contribution is -0.126. The number of nitrogens with zero attached hydrogens (tertiary/aromatic N) is 1. The van der Waals surface area contributed by atoms with E-state index in [-0.39, 0.29) is 23.7 Å². The molecule has 6 heteroatoms. The van der Waals surface area contributed by atoms with Gasteiger partial charge in [0.1, 0.15) is 11.9 Å². The minimum Gasteiger partial charge on any atom is -0.356 e. The Morgan fingerprint density at radius 3 is 2.67 bits per heavy atom. The fraction of sp³-hybridized carbons (Fsp3) is 0.185. The number of nitrogens with one attached hydrogen (secondary N) is 2. The number of halogens is 1. The van der Waals surface area contributed by atoms with Crippen molar-refractivity contribution in [3.63, 3.8) is 0 Å². The lowest BCUT2D eigenvalue weighted by Gasteiger charge is -2.37. The number of H-pyrrole nitrogens is 1. The van der Waals surface area contributed by atoms with Gasteiger partial charge >= 0.3 is 0 Å². The first-order chi connectivity index (χ1) is 16.1. The third kappa shape index (κ3) is 3.05. The highest BCUT2D eigenvalue weighted by atomic mass is 19.1. The molecule has 5 nitrogen and oxygen atoms in total. The SMILES string of the molecule is O=C(NCCc1ccccc1F)[C@@H]1Cc2c([nH]c3ccccc23)[C@H]2c3ccccc3C(=O)N21. The fourth-order valence-corrected chi connectivity index (χ4v) is 5.28. The van der Waals surface area contributed by atoms with E-state index in [9.17, 15) is 14.0 Å². The summed E-state index contributed by atoms with van der Waals surface area (Å²) in [5, 5.41) is 4.03. The smallest absolute Gasteiger partial charge is 0.255 e. The molecule has 3 heterocycles. The third-order valence-corrected chi connectivity index (χ3v) is 6.81. The van der Waals surface area contributed by atoms with Crippen LogP contribution in [0.25, 0.3) is 10.9 Å². The van der Waals surface area contributed by atoms with E-state index >= 15 is 0 Å². The van der Waals surface area contributed by atoms with Crippen molar-refractivity contribution in [3.05, 3.63) is 107 Å². The van der Waals surface area contributed by atoms with Gasteiger partial charge in [-0.15, -0.1) is 0 Å². The number of aromatic nitrogens is 1. The average molecular weight is 439 g/mol. The van der Waals surface area contributed by atoms with Crippen molar-refractivity contribution in [2.24, 2.45) is 0 Å². The summed E-state index contributed by atoms with van der Waals surface area (Å²) in [6.07, 6.45) is 0.822. The van der Waals surface area contributed by atoms with Gasteiger partial charge in [0.15, 0.2) is 0 Å². The highest BCUT2D eigenvalue weighted by Crippen LogP contribution is 2.46. The normalized spacial score (nSPS) is 18.7. The zero-order valence-electron chi connectivity index (χ0n) is 17.8. The van der Waals surface area contributed by atoms with Gasteiger partial charge in [-0.1, -0.05) is 54.6 Å². The first kappa shape index (κ1) is 19.7. The van der Waals surface area contributed by atoms with Crippen molar-refractivity contribution in [3.8, 4) is 0 Å². The van der Waals surface area contributed by atoms with Gasteiger partial charge in [0.05, 0.1) is 6.04 Å². The van der Waals surface area contributed by atoms with Crippen molar-refractivity contribution in [2.75, 3.05) is 6.54 Å². The molecule has 2 aliphatic rings. The molecule has 0 saturated carbocycles. The molecule has 2 aliphatic heterocycles. The minimum absolute atomic E-state index is 0.130. The molecule has 33 heavy (non-hydrogen) atoms. The molecule has 0 fully saturated rings. The Morgan fingerprint density at radius 1 is 1.03 bits per heavy atom. The number of carbonyl (C=O) groups is 2.